The highest BCUT2D eigenvalue weighted by molar-refractivity contribution is 6.35. The van der Waals surface area contributed by atoms with Crippen LogP contribution in [0.1, 0.15) is 22.5 Å². The minimum Gasteiger partial charge on any atom is -0.481 e. The van der Waals surface area contributed by atoms with Gasteiger partial charge in [0.15, 0.2) is 0 Å². The van der Waals surface area contributed by atoms with E-state index < -0.39 is 11.9 Å². The van der Waals surface area contributed by atoms with Gasteiger partial charge in [-0.1, -0.05) is 23.7 Å². The Bertz CT molecular complexity index is 675. The Balaban J connectivity index is 2.71. The number of carbonyl (C=O) groups is 2. The second-order valence-electron chi connectivity index (χ2n) is 4.22. The van der Waals surface area contributed by atoms with E-state index in [1.165, 1.54) is 4.57 Å². The molecule has 0 unspecified atom stereocenters. The lowest BCUT2D eigenvalue weighted by atomic mass is 10.1. The van der Waals surface area contributed by atoms with Crippen molar-refractivity contribution in [1.29, 1.82) is 0 Å². The molecule has 2 rings (SSSR count). The van der Waals surface area contributed by atoms with Crippen molar-refractivity contribution in [2.45, 2.75) is 12.8 Å². The Labute approximate surface area is 114 Å². The smallest absolute Gasteiger partial charge is 0.352 e. The minimum absolute atomic E-state index is 0.0874. The molecule has 100 valence electrons. The molecular weight excluding hydrogens is 270 g/mol. The highest BCUT2D eigenvalue weighted by Crippen LogP contribution is 2.31. The fourth-order valence-corrected chi connectivity index (χ4v) is 2.60. The summed E-state index contributed by atoms with van der Waals surface area (Å²) in [4.78, 5) is 22.0. The van der Waals surface area contributed by atoms with E-state index in [1.807, 2.05) is 0 Å². The molecule has 0 aliphatic carbocycles. The summed E-state index contributed by atoms with van der Waals surface area (Å²) in [7, 11) is 1.61. The molecular formula is C13H12ClNO4. The maximum absolute atomic E-state index is 11.4. The summed E-state index contributed by atoms with van der Waals surface area (Å²) in [5, 5.41) is 19.2. The SMILES string of the molecule is Cn1c(C(=O)O)c(CCC(=O)O)c2cccc(Cl)c21. The lowest BCUT2D eigenvalue weighted by molar-refractivity contribution is -0.136. The lowest BCUT2D eigenvalue weighted by Gasteiger charge is -2.01. The summed E-state index contributed by atoms with van der Waals surface area (Å²) in [6.07, 6.45) is 0.0422. The van der Waals surface area contributed by atoms with Crippen molar-refractivity contribution in [2.24, 2.45) is 7.05 Å². The molecule has 1 heterocycles. The van der Waals surface area contributed by atoms with Crippen molar-refractivity contribution in [3.05, 3.63) is 34.5 Å². The van der Waals surface area contributed by atoms with Crippen molar-refractivity contribution in [1.82, 2.24) is 4.57 Å². The average molecular weight is 282 g/mol. The Kier molecular flexibility index (Phi) is 3.48. The fourth-order valence-electron chi connectivity index (χ4n) is 2.30. The van der Waals surface area contributed by atoms with Crippen LogP contribution in [-0.2, 0) is 18.3 Å². The normalized spacial score (nSPS) is 10.8. The first-order chi connectivity index (χ1) is 8.93. The van der Waals surface area contributed by atoms with Gasteiger partial charge in [0.05, 0.1) is 10.5 Å². The number of aryl methyl sites for hydroxylation is 2. The topological polar surface area (TPSA) is 79.5 Å². The van der Waals surface area contributed by atoms with Crippen molar-refractivity contribution in [2.75, 3.05) is 0 Å². The van der Waals surface area contributed by atoms with Gasteiger partial charge in [-0.2, -0.15) is 0 Å². The van der Waals surface area contributed by atoms with Crippen LogP contribution in [-0.4, -0.2) is 26.7 Å². The number of nitrogens with zero attached hydrogens (tertiary/aromatic N) is 1. The van der Waals surface area contributed by atoms with Gasteiger partial charge in [0.25, 0.3) is 0 Å². The van der Waals surface area contributed by atoms with Crippen LogP contribution in [0.2, 0.25) is 5.02 Å². The Morgan fingerprint density at radius 1 is 1.32 bits per heavy atom. The van der Waals surface area contributed by atoms with Gasteiger partial charge in [-0.3, -0.25) is 4.79 Å². The molecule has 0 aliphatic heterocycles. The van der Waals surface area contributed by atoms with Gasteiger partial charge in [-0.15, -0.1) is 0 Å². The summed E-state index contributed by atoms with van der Waals surface area (Å²) in [6.45, 7) is 0. The number of aliphatic carboxylic acids is 1. The molecule has 1 aromatic carbocycles. The van der Waals surface area contributed by atoms with Crippen LogP contribution in [0, 0.1) is 0 Å². The number of carboxylic acid groups (broad SMARTS) is 2. The van der Waals surface area contributed by atoms with Gasteiger partial charge < -0.3 is 14.8 Å². The zero-order valence-corrected chi connectivity index (χ0v) is 10.9. The van der Waals surface area contributed by atoms with E-state index in [9.17, 15) is 14.7 Å². The summed E-state index contributed by atoms with van der Waals surface area (Å²) < 4.78 is 1.50. The van der Waals surface area contributed by atoms with Gasteiger partial charge in [-0.05, 0) is 18.1 Å². The maximum atomic E-state index is 11.4. The van der Waals surface area contributed by atoms with Gasteiger partial charge in [0.2, 0.25) is 0 Å². The van der Waals surface area contributed by atoms with E-state index >= 15 is 0 Å². The Morgan fingerprint density at radius 3 is 2.58 bits per heavy atom. The van der Waals surface area contributed by atoms with E-state index in [0.29, 0.717) is 21.5 Å². The number of rotatable bonds is 4. The van der Waals surface area contributed by atoms with Crippen LogP contribution in [0.25, 0.3) is 10.9 Å². The third-order valence-electron chi connectivity index (χ3n) is 3.06. The minimum atomic E-state index is -1.09. The lowest BCUT2D eigenvalue weighted by Crippen LogP contribution is -2.08. The van der Waals surface area contributed by atoms with Crippen LogP contribution >= 0.6 is 11.6 Å². The van der Waals surface area contributed by atoms with E-state index in [2.05, 4.69) is 0 Å². The number of aromatic nitrogens is 1. The zero-order chi connectivity index (χ0) is 14.2. The third kappa shape index (κ3) is 2.29. The molecule has 0 amide bonds. The summed E-state index contributed by atoms with van der Waals surface area (Å²) in [5.41, 5.74) is 1.21. The molecule has 0 spiro atoms. The molecule has 2 aromatic rings. The molecule has 0 fully saturated rings. The molecule has 5 nitrogen and oxygen atoms in total. The van der Waals surface area contributed by atoms with E-state index in [0.717, 1.165) is 0 Å². The molecule has 0 aliphatic rings. The molecule has 19 heavy (non-hydrogen) atoms. The quantitative estimate of drug-likeness (QED) is 0.902. The summed E-state index contributed by atoms with van der Waals surface area (Å²) in [5.74, 6) is -2.05. The summed E-state index contributed by atoms with van der Waals surface area (Å²) >= 11 is 6.08. The molecule has 1 aromatic heterocycles. The van der Waals surface area contributed by atoms with Gasteiger partial charge in [0.1, 0.15) is 5.69 Å². The first kappa shape index (κ1) is 13.4. The molecule has 6 heteroatoms. The fraction of sp³-hybridized carbons (Fsp3) is 0.231. The van der Waals surface area contributed by atoms with Gasteiger partial charge in [-0.25, -0.2) is 4.79 Å². The molecule has 0 saturated heterocycles. The van der Waals surface area contributed by atoms with E-state index in [-0.39, 0.29) is 18.5 Å². The number of benzene rings is 1. The number of halogens is 1. The first-order valence-electron chi connectivity index (χ1n) is 5.64. The van der Waals surface area contributed by atoms with E-state index in [4.69, 9.17) is 16.7 Å². The number of carboxylic acids is 2. The first-order valence-corrected chi connectivity index (χ1v) is 6.02. The Hall–Kier alpha value is -2.01. The predicted octanol–water partition coefficient (Wildman–Crippen LogP) is 2.55. The number of fused-ring (bicyclic) bond motifs is 1. The largest absolute Gasteiger partial charge is 0.481 e. The predicted molar refractivity (Wildman–Crippen MR) is 70.8 cm³/mol. The van der Waals surface area contributed by atoms with Gasteiger partial charge in [0, 0.05) is 18.9 Å². The molecule has 2 N–H and O–H groups in total. The van der Waals surface area contributed by atoms with E-state index in [1.54, 1.807) is 25.2 Å². The van der Waals surface area contributed by atoms with Crippen molar-refractivity contribution < 1.29 is 19.8 Å². The average Bonchev–Trinajstić information content (AvgIpc) is 2.61. The standard InChI is InChI=1S/C13H12ClNO4/c1-15-11-7(3-2-4-9(11)14)8(5-6-10(16)17)12(15)13(18)19/h2-4H,5-6H2,1H3,(H,16,17)(H,18,19). The van der Waals surface area contributed by atoms with Crippen LogP contribution in [0.4, 0.5) is 0 Å². The maximum Gasteiger partial charge on any atom is 0.352 e. The van der Waals surface area contributed by atoms with Crippen molar-refractivity contribution >= 4 is 34.4 Å². The Morgan fingerprint density at radius 2 is 2.00 bits per heavy atom. The zero-order valence-electron chi connectivity index (χ0n) is 10.2. The van der Waals surface area contributed by atoms with Gasteiger partial charge >= 0.3 is 11.9 Å². The number of hydrogen-bond acceptors (Lipinski definition) is 2. The molecule has 0 atom stereocenters. The molecule has 0 saturated carbocycles. The highest BCUT2D eigenvalue weighted by Gasteiger charge is 2.22. The van der Waals surface area contributed by atoms with Crippen LogP contribution in [0.3, 0.4) is 0 Å². The second-order valence-corrected chi connectivity index (χ2v) is 4.63. The van der Waals surface area contributed by atoms with Crippen LogP contribution in [0.5, 0.6) is 0 Å². The molecule has 0 radical (unpaired) electrons. The monoisotopic (exact) mass is 281 g/mol. The number of aromatic carboxylic acids is 1. The second kappa shape index (κ2) is 4.93. The third-order valence-corrected chi connectivity index (χ3v) is 3.37. The number of para-hydroxylation sites is 1. The van der Waals surface area contributed by atoms with Crippen LogP contribution in [0.15, 0.2) is 18.2 Å². The van der Waals surface area contributed by atoms with Crippen molar-refractivity contribution in [3.8, 4) is 0 Å². The van der Waals surface area contributed by atoms with Crippen LogP contribution < -0.4 is 0 Å². The molecule has 0 bridgehead atoms. The van der Waals surface area contributed by atoms with Crippen molar-refractivity contribution in [3.63, 3.8) is 0 Å². The number of hydrogen-bond donors (Lipinski definition) is 2. The summed E-state index contributed by atoms with van der Waals surface area (Å²) in [6, 6.07) is 5.15. The highest BCUT2D eigenvalue weighted by atomic mass is 35.5.